The van der Waals surface area contributed by atoms with Crippen molar-refractivity contribution >= 4 is 10.8 Å². The fraction of sp³-hybridized carbons (Fsp3) is 1.00. The predicted molar refractivity (Wildman–Crippen MR) is 51.4 cm³/mol. The molecule has 86 valence electrons. The van der Waals surface area contributed by atoms with E-state index in [0.29, 0.717) is 0 Å². The lowest BCUT2D eigenvalue weighted by atomic mass is 10.2. The zero-order chi connectivity index (χ0) is 11.6. The van der Waals surface area contributed by atoms with Crippen molar-refractivity contribution in [3.63, 3.8) is 0 Å². The molecule has 0 saturated carbocycles. The molecule has 0 aliphatic rings. The van der Waals surface area contributed by atoms with E-state index in [1.54, 1.807) is 0 Å². The Morgan fingerprint density at radius 1 is 1.29 bits per heavy atom. The largest absolute Gasteiger partial charge is 0.403 e. The number of alkyl halides is 3. The summed E-state index contributed by atoms with van der Waals surface area (Å²) in [6, 6.07) is 0. The highest BCUT2D eigenvalue weighted by molar-refractivity contribution is 7.87. The van der Waals surface area contributed by atoms with Crippen LogP contribution in [0.5, 0.6) is 0 Å². The second-order valence-electron chi connectivity index (χ2n) is 4.02. The maximum Gasteiger partial charge on any atom is 0.403 e. The summed E-state index contributed by atoms with van der Waals surface area (Å²) in [6.45, 7) is 4.47. The fourth-order valence-corrected chi connectivity index (χ4v) is 2.42. The first kappa shape index (κ1) is 13.9. The molecular weight excluding hydrogens is 215 g/mol. The maximum absolute atomic E-state index is 12.4. The van der Waals surface area contributed by atoms with Gasteiger partial charge in [0.1, 0.15) is 5.25 Å². The molecule has 0 spiro atoms. The van der Waals surface area contributed by atoms with Crippen LogP contribution in [-0.2, 0) is 10.8 Å². The molecule has 0 aromatic rings. The van der Waals surface area contributed by atoms with E-state index < -0.39 is 27.0 Å². The second-order valence-corrected chi connectivity index (χ2v) is 6.41. The summed E-state index contributed by atoms with van der Waals surface area (Å²) in [5.74, 6) is 0. The number of rotatable bonds is 3. The van der Waals surface area contributed by atoms with Crippen molar-refractivity contribution in [1.29, 1.82) is 0 Å². The van der Waals surface area contributed by atoms with Crippen LogP contribution in [0.1, 0.15) is 27.2 Å². The lowest BCUT2D eigenvalue weighted by molar-refractivity contribution is -0.130. The smallest absolute Gasteiger partial charge is 0.330 e. The summed E-state index contributed by atoms with van der Waals surface area (Å²) < 4.78 is 48.0. The van der Waals surface area contributed by atoms with Crippen molar-refractivity contribution in [2.45, 2.75) is 43.4 Å². The van der Waals surface area contributed by atoms with Gasteiger partial charge in [-0.3, -0.25) is 4.21 Å². The molecule has 2 atom stereocenters. The third-order valence-corrected chi connectivity index (χ3v) is 3.88. The van der Waals surface area contributed by atoms with Crippen molar-refractivity contribution in [2.24, 2.45) is 5.73 Å². The van der Waals surface area contributed by atoms with Crippen LogP contribution >= 0.6 is 0 Å². The molecule has 0 saturated heterocycles. The number of hydrogen-bond donors (Lipinski definition) is 1. The van der Waals surface area contributed by atoms with Gasteiger partial charge in [0.25, 0.3) is 0 Å². The van der Waals surface area contributed by atoms with E-state index in [9.17, 15) is 17.4 Å². The van der Waals surface area contributed by atoms with E-state index >= 15 is 0 Å². The Morgan fingerprint density at radius 2 is 1.71 bits per heavy atom. The molecular formula is C8H16F3NOS. The highest BCUT2D eigenvalue weighted by atomic mass is 32.2. The summed E-state index contributed by atoms with van der Waals surface area (Å²) in [7, 11) is -1.95. The second kappa shape index (κ2) is 4.61. The first-order valence-electron chi connectivity index (χ1n) is 4.28. The van der Waals surface area contributed by atoms with Gasteiger partial charge in [-0.15, -0.1) is 0 Å². The molecule has 2 unspecified atom stereocenters. The van der Waals surface area contributed by atoms with Crippen molar-refractivity contribution in [1.82, 2.24) is 0 Å². The van der Waals surface area contributed by atoms with Gasteiger partial charge in [0.15, 0.2) is 0 Å². The van der Waals surface area contributed by atoms with E-state index in [2.05, 4.69) is 0 Å². The topological polar surface area (TPSA) is 43.1 Å². The number of nitrogens with two attached hydrogens (primary N) is 1. The van der Waals surface area contributed by atoms with Crippen molar-refractivity contribution in [3.8, 4) is 0 Å². The molecule has 0 amide bonds. The molecule has 14 heavy (non-hydrogen) atoms. The van der Waals surface area contributed by atoms with Crippen LogP contribution in [0.3, 0.4) is 0 Å². The van der Waals surface area contributed by atoms with Crippen LogP contribution in [0.15, 0.2) is 0 Å². The third-order valence-electron chi connectivity index (χ3n) is 1.66. The average Bonchev–Trinajstić information content (AvgIpc) is 1.94. The van der Waals surface area contributed by atoms with Crippen LogP contribution in [0, 0.1) is 0 Å². The Bertz CT molecular complexity index is 210. The zero-order valence-electron chi connectivity index (χ0n) is 8.52. The summed E-state index contributed by atoms with van der Waals surface area (Å²) in [5, 5.41) is -1.81. The first-order valence-corrected chi connectivity index (χ1v) is 5.49. The van der Waals surface area contributed by atoms with Gasteiger partial charge in [-0.05, 0) is 33.7 Å². The van der Waals surface area contributed by atoms with Crippen LogP contribution in [0.4, 0.5) is 13.2 Å². The molecule has 0 heterocycles. The van der Waals surface area contributed by atoms with Gasteiger partial charge in [-0.25, -0.2) is 0 Å². The summed E-state index contributed by atoms with van der Waals surface area (Å²) in [4.78, 5) is 0. The van der Waals surface area contributed by atoms with Crippen molar-refractivity contribution < 1.29 is 17.4 Å². The minimum atomic E-state index is -4.43. The summed E-state index contributed by atoms with van der Waals surface area (Å²) >= 11 is 0. The fourth-order valence-electron chi connectivity index (χ4n) is 0.970. The SMILES string of the molecule is CC(C)(C)S(=O)C(CCN)C(F)(F)F. The van der Waals surface area contributed by atoms with E-state index in [1.807, 2.05) is 0 Å². The minimum absolute atomic E-state index is 0.105. The van der Waals surface area contributed by atoms with E-state index in [-0.39, 0.29) is 13.0 Å². The van der Waals surface area contributed by atoms with Gasteiger partial charge in [-0.2, -0.15) is 13.2 Å². The van der Waals surface area contributed by atoms with Gasteiger partial charge in [0.2, 0.25) is 0 Å². The van der Waals surface area contributed by atoms with Gasteiger partial charge in [0, 0.05) is 15.5 Å². The maximum atomic E-state index is 12.4. The number of halogens is 3. The predicted octanol–water partition coefficient (Wildman–Crippen LogP) is 1.81. The first-order chi connectivity index (χ1) is 6.10. The lowest BCUT2D eigenvalue weighted by Gasteiger charge is -2.27. The Balaban J connectivity index is 4.77. The van der Waals surface area contributed by atoms with Gasteiger partial charge < -0.3 is 5.73 Å². The summed E-state index contributed by atoms with van der Waals surface area (Å²) in [5.41, 5.74) is 5.07. The van der Waals surface area contributed by atoms with E-state index in [4.69, 9.17) is 5.73 Å². The highest BCUT2D eigenvalue weighted by Crippen LogP contribution is 2.31. The zero-order valence-corrected chi connectivity index (χ0v) is 9.34. The normalized spacial score (nSPS) is 17.9. The Morgan fingerprint density at radius 3 is 1.93 bits per heavy atom. The lowest BCUT2D eigenvalue weighted by Crippen LogP contribution is -2.42. The monoisotopic (exact) mass is 231 g/mol. The minimum Gasteiger partial charge on any atom is -0.330 e. The Hall–Kier alpha value is -0.100. The van der Waals surface area contributed by atoms with Gasteiger partial charge in [0.05, 0.1) is 0 Å². The van der Waals surface area contributed by atoms with Crippen LogP contribution in [-0.4, -0.2) is 26.9 Å². The molecule has 2 nitrogen and oxygen atoms in total. The van der Waals surface area contributed by atoms with Crippen LogP contribution in [0.25, 0.3) is 0 Å². The Labute approximate surface area is 84.5 Å². The molecule has 0 radical (unpaired) electrons. The highest BCUT2D eigenvalue weighted by Gasteiger charge is 2.46. The van der Waals surface area contributed by atoms with Crippen molar-refractivity contribution in [2.75, 3.05) is 6.54 Å². The van der Waals surface area contributed by atoms with Gasteiger partial charge in [-0.1, -0.05) is 0 Å². The Kier molecular flexibility index (Phi) is 4.58. The molecule has 0 bridgehead atoms. The van der Waals surface area contributed by atoms with Crippen molar-refractivity contribution in [3.05, 3.63) is 0 Å². The molecule has 0 aromatic heterocycles. The quantitative estimate of drug-likeness (QED) is 0.805. The third kappa shape index (κ3) is 3.96. The average molecular weight is 231 g/mol. The summed E-state index contributed by atoms with van der Waals surface area (Å²) in [6.07, 6.45) is -4.72. The molecule has 0 rings (SSSR count). The molecule has 0 aliphatic heterocycles. The standard InChI is InChI=1S/C8H16F3NOS/c1-7(2,3)14(13)6(4-5-12)8(9,10)11/h6H,4-5,12H2,1-3H3. The van der Waals surface area contributed by atoms with Crippen LogP contribution in [0.2, 0.25) is 0 Å². The van der Waals surface area contributed by atoms with Crippen LogP contribution < -0.4 is 5.73 Å². The number of hydrogen-bond acceptors (Lipinski definition) is 2. The molecule has 0 aromatic carbocycles. The molecule has 0 fully saturated rings. The molecule has 2 N–H and O–H groups in total. The molecule has 0 aliphatic carbocycles. The van der Waals surface area contributed by atoms with Gasteiger partial charge >= 0.3 is 6.18 Å². The van der Waals surface area contributed by atoms with E-state index in [1.165, 1.54) is 20.8 Å². The van der Waals surface area contributed by atoms with E-state index in [0.717, 1.165) is 0 Å². The molecule has 6 heteroatoms.